The van der Waals surface area contributed by atoms with Gasteiger partial charge in [-0.1, -0.05) is 52.0 Å². The van der Waals surface area contributed by atoms with Crippen LogP contribution in [0.3, 0.4) is 0 Å². The van der Waals surface area contributed by atoms with Crippen molar-refractivity contribution in [2.24, 2.45) is 0 Å². The minimum atomic E-state index is -1.31. The second-order valence-electron chi connectivity index (χ2n) is 6.22. The number of nitrogens with one attached hydrogen (secondary N) is 1. The van der Waals surface area contributed by atoms with Gasteiger partial charge in [-0.3, -0.25) is 14.5 Å². The quantitative estimate of drug-likeness (QED) is 0.307. The highest BCUT2D eigenvalue weighted by Crippen LogP contribution is 2.33. The molecule has 0 aliphatic carbocycles. The average Bonchev–Trinajstić information content (AvgIpc) is 2.94. The maximum Gasteiger partial charge on any atom is 0.339 e. The summed E-state index contributed by atoms with van der Waals surface area (Å²) in [6, 6.07) is 11.2. The molecule has 1 aliphatic rings. The van der Waals surface area contributed by atoms with Gasteiger partial charge in [-0.2, -0.15) is 0 Å². The minimum absolute atomic E-state index is 0.0279. The molecule has 0 saturated carbocycles. The lowest BCUT2D eigenvalue weighted by Crippen LogP contribution is -2.31. The highest BCUT2D eigenvalue weighted by Gasteiger charge is 2.32. The zero-order chi connectivity index (χ0) is 21.8. The summed E-state index contributed by atoms with van der Waals surface area (Å²) in [6.45, 7) is 0.0934. The van der Waals surface area contributed by atoms with E-state index >= 15 is 0 Å². The van der Waals surface area contributed by atoms with Crippen LogP contribution in [0, 0.1) is 0 Å². The maximum atomic E-state index is 12.6. The number of carboxylic acids is 1. The fraction of sp³-hybridized carbons (Fsp3) is 0.100. The lowest BCUT2D eigenvalue weighted by Gasteiger charge is -2.14. The Morgan fingerprint density at radius 1 is 1.23 bits per heavy atom. The predicted octanol–water partition coefficient (Wildman–Crippen LogP) is 4.08. The third-order valence-corrected chi connectivity index (χ3v) is 5.96. The molecular formula is C20H15BrN2O5S2. The van der Waals surface area contributed by atoms with Gasteiger partial charge < -0.3 is 15.5 Å². The van der Waals surface area contributed by atoms with Gasteiger partial charge in [0, 0.05) is 23.1 Å². The smallest absolute Gasteiger partial charge is 0.339 e. The van der Waals surface area contributed by atoms with Crippen LogP contribution in [-0.2, 0) is 9.59 Å². The fourth-order valence-corrected chi connectivity index (χ4v) is 4.39. The number of benzene rings is 2. The number of carbonyl (C=O) groups excluding carboxylic acids is 2. The van der Waals surface area contributed by atoms with Crippen LogP contribution in [-0.4, -0.2) is 43.8 Å². The van der Waals surface area contributed by atoms with E-state index in [1.54, 1.807) is 6.08 Å². The molecule has 0 atom stereocenters. The Kier molecular flexibility index (Phi) is 6.91. The largest absolute Gasteiger partial charge is 0.507 e. The van der Waals surface area contributed by atoms with Crippen molar-refractivity contribution in [2.75, 3.05) is 11.9 Å². The molecule has 7 nitrogen and oxygen atoms in total. The van der Waals surface area contributed by atoms with E-state index in [0.29, 0.717) is 9.23 Å². The standard InChI is InChI=1S/C20H15BrN2O5S2/c21-12-3-1-2-11(8-12)9-16-18(26)23(20(29)30-16)7-6-17(25)22-13-4-5-15(24)14(10-13)19(27)28/h1-5,8-10,24H,6-7H2,(H,22,25)(H,27,28)/b16-9+. The Hall–Kier alpha value is -2.69. The fourth-order valence-electron chi connectivity index (χ4n) is 2.66. The van der Waals surface area contributed by atoms with Crippen LogP contribution in [0.4, 0.5) is 5.69 Å². The molecule has 10 heteroatoms. The first-order valence-electron chi connectivity index (χ1n) is 8.61. The number of hydrogen-bond donors (Lipinski definition) is 3. The molecule has 0 aromatic heterocycles. The first kappa shape index (κ1) is 22.0. The number of thiocarbonyl (C=S) groups is 1. The topological polar surface area (TPSA) is 107 Å². The molecule has 3 rings (SSSR count). The number of phenols is 1. The zero-order valence-corrected chi connectivity index (χ0v) is 18.5. The van der Waals surface area contributed by atoms with Crippen molar-refractivity contribution in [1.29, 1.82) is 0 Å². The predicted molar refractivity (Wildman–Crippen MR) is 122 cm³/mol. The number of hydrogen-bond acceptors (Lipinski definition) is 6. The van der Waals surface area contributed by atoms with Gasteiger partial charge in [0.2, 0.25) is 5.91 Å². The van der Waals surface area contributed by atoms with Crippen LogP contribution in [0.15, 0.2) is 51.8 Å². The van der Waals surface area contributed by atoms with Crippen molar-refractivity contribution < 1.29 is 24.6 Å². The second-order valence-corrected chi connectivity index (χ2v) is 8.82. The van der Waals surface area contributed by atoms with Crippen molar-refractivity contribution in [2.45, 2.75) is 6.42 Å². The summed E-state index contributed by atoms with van der Waals surface area (Å²) < 4.78 is 1.26. The van der Waals surface area contributed by atoms with Gasteiger partial charge in [0.1, 0.15) is 15.6 Å². The Morgan fingerprint density at radius 2 is 2.00 bits per heavy atom. The van der Waals surface area contributed by atoms with Crippen LogP contribution in [0.1, 0.15) is 22.3 Å². The Balaban J connectivity index is 1.62. The molecule has 1 saturated heterocycles. The van der Waals surface area contributed by atoms with Gasteiger partial charge in [0.25, 0.3) is 5.91 Å². The van der Waals surface area contributed by atoms with Crippen LogP contribution in [0.25, 0.3) is 6.08 Å². The highest BCUT2D eigenvalue weighted by atomic mass is 79.9. The molecule has 1 heterocycles. The monoisotopic (exact) mass is 506 g/mol. The number of amides is 2. The zero-order valence-electron chi connectivity index (χ0n) is 15.3. The van der Waals surface area contributed by atoms with E-state index < -0.39 is 17.6 Å². The number of nitrogens with zero attached hydrogens (tertiary/aromatic N) is 1. The Morgan fingerprint density at radius 3 is 2.70 bits per heavy atom. The minimum Gasteiger partial charge on any atom is -0.507 e. The van der Waals surface area contributed by atoms with E-state index in [2.05, 4.69) is 21.2 Å². The number of carboxylic acid groups (broad SMARTS) is 1. The van der Waals surface area contributed by atoms with Gasteiger partial charge >= 0.3 is 5.97 Å². The summed E-state index contributed by atoms with van der Waals surface area (Å²) in [7, 11) is 0. The van der Waals surface area contributed by atoms with Crippen LogP contribution >= 0.6 is 39.9 Å². The molecule has 2 aromatic carbocycles. The third-order valence-electron chi connectivity index (χ3n) is 4.09. The summed E-state index contributed by atoms with van der Waals surface area (Å²) in [5.41, 5.74) is 0.766. The number of thioether (sulfide) groups is 1. The number of aromatic hydroxyl groups is 1. The van der Waals surface area contributed by atoms with Gasteiger partial charge in [-0.25, -0.2) is 4.79 Å². The van der Waals surface area contributed by atoms with Crippen molar-refractivity contribution in [3.8, 4) is 5.75 Å². The molecule has 0 radical (unpaired) electrons. The van der Waals surface area contributed by atoms with Crippen molar-refractivity contribution in [3.63, 3.8) is 0 Å². The van der Waals surface area contributed by atoms with E-state index in [1.165, 1.54) is 28.8 Å². The molecule has 0 unspecified atom stereocenters. The van der Waals surface area contributed by atoms with Gasteiger partial charge in [-0.05, 0) is 42.0 Å². The lowest BCUT2D eigenvalue weighted by molar-refractivity contribution is -0.122. The number of carbonyl (C=O) groups is 3. The van der Waals surface area contributed by atoms with Gasteiger partial charge in [0.05, 0.1) is 4.91 Å². The molecule has 1 aliphatic heterocycles. The van der Waals surface area contributed by atoms with Crippen molar-refractivity contribution in [3.05, 3.63) is 63.0 Å². The Labute approximate surface area is 189 Å². The summed E-state index contributed by atoms with van der Waals surface area (Å²) in [4.78, 5) is 37.8. The number of rotatable bonds is 6. The first-order valence-corrected chi connectivity index (χ1v) is 10.6. The summed E-state index contributed by atoms with van der Waals surface area (Å²) in [6.07, 6.45) is 1.72. The molecule has 1 fully saturated rings. The second kappa shape index (κ2) is 9.41. The summed E-state index contributed by atoms with van der Waals surface area (Å²) >= 11 is 9.83. The van der Waals surface area contributed by atoms with Crippen LogP contribution in [0.5, 0.6) is 5.75 Å². The summed E-state index contributed by atoms with van der Waals surface area (Å²) in [5, 5.41) is 21.1. The van der Waals surface area contributed by atoms with Crippen LogP contribution < -0.4 is 5.32 Å². The van der Waals surface area contributed by atoms with Gasteiger partial charge in [0.15, 0.2) is 0 Å². The average molecular weight is 507 g/mol. The molecule has 30 heavy (non-hydrogen) atoms. The third kappa shape index (κ3) is 5.26. The SMILES string of the molecule is O=C(CCN1C(=O)/C(=C\c2cccc(Br)c2)SC1=S)Nc1ccc(O)c(C(=O)O)c1. The van der Waals surface area contributed by atoms with E-state index in [4.69, 9.17) is 17.3 Å². The van der Waals surface area contributed by atoms with E-state index in [1.807, 2.05) is 24.3 Å². The van der Waals surface area contributed by atoms with Gasteiger partial charge in [-0.15, -0.1) is 0 Å². The normalized spacial score (nSPS) is 15.0. The summed E-state index contributed by atoms with van der Waals surface area (Å²) in [5.74, 6) is -2.38. The number of halogens is 1. The molecule has 2 aromatic rings. The molecule has 3 N–H and O–H groups in total. The van der Waals surface area contributed by atoms with E-state index in [0.717, 1.165) is 16.1 Å². The van der Waals surface area contributed by atoms with Crippen LogP contribution in [0.2, 0.25) is 0 Å². The van der Waals surface area contributed by atoms with E-state index in [-0.39, 0.29) is 30.1 Å². The van der Waals surface area contributed by atoms with E-state index in [9.17, 15) is 19.5 Å². The molecule has 0 spiro atoms. The molecular weight excluding hydrogens is 492 g/mol. The van der Waals surface area contributed by atoms with Crippen molar-refractivity contribution in [1.82, 2.24) is 4.90 Å². The van der Waals surface area contributed by atoms with Crippen molar-refractivity contribution >= 4 is 73.8 Å². The molecule has 154 valence electrons. The number of aromatic carboxylic acids is 1. The Bertz CT molecular complexity index is 1090. The maximum absolute atomic E-state index is 12.6. The first-order chi connectivity index (χ1) is 14.2. The lowest BCUT2D eigenvalue weighted by atomic mass is 10.1. The molecule has 0 bridgehead atoms. The molecule has 2 amide bonds. The number of anilines is 1. The highest BCUT2D eigenvalue weighted by molar-refractivity contribution is 9.10.